The van der Waals surface area contributed by atoms with Gasteiger partial charge >= 0.3 is 0 Å². The molecule has 0 aromatic heterocycles. The molecule has 3 heteroatoms. The van der Waals surface area contributed by atoms with Gasteiger partial charge in [-0.05, 0) is 23.3 Å². The molecule has 0 aliphatic heterocycles. The standard InChI is InChI=1S/C14H15N3/c15-13-8-4-7-12(9-13)14(16)17-10-11-5-2-1-3-6-11/h1-10,14H,15-16H2. The van der Waals surface area contributed by atoms with Gasteiger partial charge in [-0.1, -0.05) is 42.5 Å². The number of anilines is 1. The minimum absolute atomic E-state index is 0.376. The quantitative estimate of drug-likeness (QED) is 0.622. The summed E-state index contributed by atoms with van der Waals surface area (Å²) >= 11 is 0. The summed E-state index contributed by atoms with van der Waals surface area (Å²) < 4.78 is 0. The lowest BCUT2D eigenvalue weighted by Crippen LogP contribution is -2.08. The highest BCUT2D eigenvalue weighted by Crippen LogP contribution is 2.14. The van der Waals surface area contributed by atoms with Crippen LogP contribution in [0.25, 0.3) is 0 Å². The van der Waals surface area contributed by atoms with Crippen LogP contribution >= 0.6 is 0 Å². The van der Waals surface area contributed by atoms with E-state index in [9.17, 15) is 0 Å². The average Bonchev–Trinajstić information content (AvgIpc) is 2.37. The Morgan fingerprint density at radius 3 is 2.47 bits per heavy atom. The first kappa shape index (κ1) is 11.4. The third kappa shape index (κ3) is 3.16. The molecular weight excluding hydrogens is 210 g/mol. The van der Waals surface area contributed by atoms with Gasteiger partial charge in [-0.2, -0.15) is 0 Å². The van der Waals surface area contributed by atoms with E-state index in [2.05, 4.69) is 4.99 Å². The number of nitrogens with two attached hydrogens (primary N) is 2. The largest absolute Gasteiger partial charge is 0.399 e. The lowest BCUT2D eigenvalue weighted by atomic mass is 10.1. The molecule has 0 saturated heterocycles. The maximum atomic E-state index is 5.96. The van der Waals surface area contributed by atoms with E-state index in [1.165, 1.54) is 0 Å². The Balaban J connectivity index is 2.12. The zero-order valence-corrected chi connectivity index (χ0v) is 9.45. The smallest absolute Gasteiger partial charge is 0.123 e. The lowest BCUT2D eigenvalue weighted by Gasteiger charge is -2.07. The minimum Gasteiger partial charge on any atom is -0.399 e. The molecule has 2 aromatic rings. The van der Waals surface area contributed by atoms with Crippen LogP contribution < -0.4 is 11.5 Å². The molecule has 2 aromatic carbocycles. The Bertz CT molecular complexity index is 506. The normalized spacial score (nSPS) is 12.8. The zero-order chi connectivity index (χ0) is 12.1. The second-order valence-corrected chi connectivity index (χ2v) is 3.80. The van der Waals surface area contributed by atoms with Gasteiger partial charge in [0.2, 0.25) is 0 Å². The van der Waals surface area contributed by atoms with E-state index in [0.29, 0.717) is 5.69 Å². The summed E-state index contributed by atoms with van der Waals surface area (Å²) in [6.45, 7) is 0. The second-order valence-electron chi connectivity index (χ2n) is 3.80. The summed E-state index contributed by atoms with van der Waals surface area (Å²) in [4.78, 5) is 4.30. The van der Waals surface area contributed by atoms with Crippen LogP contribution in [0.5, 0.6) is 0 Å². The van der Waals surface area contributed by atoms with Crippen molar-refractivity contribution in [2.45, 2.75) is 6.17 Å². The van der Waals surface area contributed by atoms with Crippen molar-refractivity contribution in [3.8, 4) is 0 Å². The SMILES string of the molecule is Nc1cccc(C(N)N=Cc2ccccc2)c1. The van der Waals surface area contributed by atoms with Gasteiger partial charge < -0.3 is 11.5 Å². The van der Waals surface area contributed by atoms with Crippen molar-refractivity contribution in [2.24, 2.45) is 10.7 Å². The van der Waals surface area contributed by atoms with Crippen LogP contribution in [0.4, 0.5) is 5.69 Å². The number of hydrogen-bond acceptors (Lipinski definition) is 3. The number of nitrogens with zero attached hydrogens (tertiary/aromatic N) is 1. The topological polar surface area (TPSA) is 64.4 Å². The predicted octanol–water partition coefficient (Wildman–Crippen LogP) is 2.35. The molecule has 4 N–H and O–H groups in total. The van der Waals surface area contributed by atoms with Gasteiger partial charge in [0.15, 0.2) is 0 Å². The first-order chi connectivity index (χ1) is 8.25. The first-order valence-electron chi connectivity index (χ1n) is 5.45. The third-order valence-corrected chi connectivity index (χ3v) is 2.44. The molecule has 0 radical (unpaired) electrons. The van der Waals surface area contributed by atoms with Crippen LogP contribution in [-0.4, -0.2) is 6.21 Å². The van der Waals surface area contributed by atoms with Crippen molar-refractivity contribution in [3.05, 3.63) is 65.7 Å². The Morgan fingerprint density at radius 2 is 1.76 bits per heavy atom. The van der Waals surface area contributed by atoms with Crippen molar-refractivity contribution in [3.63, 3.8) is 0 Å². The van der Waals surface area contributed by atoms with E-state index in [1.807, 2.05) is 54.6 Å². The van der Waals surface area contributed by atoms with Gasteiger partial charge in [-0.25, -0.2) is 0 Å². The fourth-order valence-corrected chi connectivity index (χ4v) is 1.53. The van der Waals surface area contributed by atoms with E-state index in [1.54, 1.807) is 6.21 Å². The van der Waals surface area contributed by atoms with Crippen molar-refractivity contribution in [1.82, 2.24) is 0 Å². The van der Waals surface area contributed by atoms with Crippen LogP contribution in [0.15, 0.2) is 59.6 Å². The first-order valence-corrected chi connectivity index (χ1v) is 5.45. The molecule has 0 saturated carbocycles. The highest BCUT2D eigenvalue weighted by Gasteiger charge is 2.02. The molecule has 0 amide bonds. The molecule has 86 valence electrons. The van der Waals surface area contributed by atoms with Crippen LogP contribution in [0.3, 0.4) is 0 Å². The summed E-state index contributed by atoms with van der Waals surface area (Å²) in [6, 6.07) is 17.3. The van der Waals surface area contributed by atoms with Gasteiger partial charge in [-0.3, -0.25) is 4.99 Å². The Morgan fingerprint density at radius 1 is 1.00 bits per heavy atom. The lowest BCUT2D eigenvalue weighted by molar-refractivity contribution is 0.781. The Hall–Kier alpha value is -2.13. The van der Waals surface area contributed by atoms with Gasteiger partial charge in [0.1, 0.15) is 6.17 Å². The summed E-state index contributed by atoms with van der Waals surface area (Å²) in [7, 11) is 0. The number of rotatable bonds is 3. The van der Waals surface area contributed by atoms with E-state index in [0.717, 1.165) is 11.1 Å². The van der Waals surface area contributed by atoms with Crippen molar-refractivity contribution >= 4 is 11.9 Å². The molecule has 1 unspecified atom stereocenters. The highest BCUT2D eigenvalue weighted by atomic mass is 14.9. The molecule has 0 fully saturated rings. The summed E-state index contributed by atoms with van der Waals surface area (Å²) in [5.41, 5.74) is 14.3. The maximum absolute atomic E-state index is 5.96. The van der Waals surface area contributed by atoms with Crippen LogP contribution in [0.2, 0.25) is 0 Å². The maximum Gasteiger partial charge on any atom is 0.123 e. The molecule has 1 atom stereocenters. The van der Waals surface area contributed by atoms with Crippen molar-refractivity contribution in [1.29, 1.82) is 0 Å². The van der Waals surface area contributed by atoms with Gasteiger partial charge in [0.05, 0.1) is 0 Å². The van der Waals surface area contributed by atoms with Gasteiger partial charge in [-0.15, -0.1) is 0 Å². The average molecular weight is 225 g/mol. The molecule has 0 aliphatic rings. The molecule has 0 spiro atoms. The summed E-state index contributed by atoms with van der Waals surface area (Å²) in [5.74, 6) is 0. The van der Waals surface area contributed by atoms with Crippen molar-refractivity contribution in [2.75, 3.05) is 5.73 Å². The zero-order valence-electron chi connectivity index (χ0n) is 9.45. The predicted molar refractivity (Wildman–Crippen MR) is 71.8 cm³/mol. The minimum atomic E-state index is -0.376. The second kappa shape index (κ2) is 5.27. The van der Waals surface area contributed by atoms with Gasteiger partial charge in [0.25, 0.3) is 0 Å². The number of benzene rings is 2. The molecule has 3 nitrogen and oxygen atoms in total. The fourth-order valence-electron chi connectivity index (χ4n) is 1.53. The number of aliphatic imine (C=N–C) groups is 1. The molecule has 0 bridgehead atoms. The van der Waals surface area contributed by atoms with Crippen molar-refractivity contribution < 1.29 is 0 Å². The van der Waals surface area contributed by atoms with E-state index in [-0.39, 0.29) is 6.17 Å². The summed E-state index contributed by atoms with van der Waals surface area (Å²) in [5, 5.41) is 0. The molecule has 2 rings (SSSR count). The van der Waals surface area contributed by atoms with E-state index in [4.69, 9.17) is 11.5 Å². The monoisotopic (exact) mass is 225 g/mol. The van der Waals surface area contributed by atoms with Crippen LogP contribution in [-0.2, 0) is 0 Å². The highest BCUT2D eigenvalue weighted by molar-refractivity contribution is 5.79. The number of nitrogen functional groups attached to an aromatic ring is 1. The van der Waals surface area contributed by atoms with Gasteiger partial charge in [0, 0.05) is 11.9 Å². The molecule has 17 heavy (non-hydrogen) atoms. The van der Waals surface area contributed by atoms with E-state index < -0.39 is 0 Å². The fraction of sp³-hybridized carbons (Fsp3) is 0.0714. The third-order valence-electron chi connectivity index (χ3n) is 2.44. The number of hydrogen-bond donors (Lipinski definition) is 2. The van der Waals surface area contributed by atoms with Crippen LogP contribution in [0.1, 0.15) is 17.3 Å². The molecule has 0 heterocycles. The van der Waals surface area contributed by atoms with Crippen LogP contribution in [0, 0.1) is 0 Å². The van der Waals surface area contributed by atoms with E-state index >= 15 is 0 Å². The Labute approximate surface area is 101 Å². The Kier molecular flexibility index (Phi) is 3.52. The molecular formula is C14H15N3. The molecule has 0 aliphatic carbocycles. The summed E-state index contributed by atoms with van der Waals surface area (Å²) in [6.07, 6.45) is 1.40.